The highest BCUT2D eigenvalue weighted by molar-refractivity contribution is 6.04. The smallest absolute Gasteiger partial charge is 0.257 e. The SMILES string of the molecule is O=C(Nc1ccc(C2OCC(=O)N(Cc3ccc(F)cc3)C2CO)cc1)c1cccnc1. The zero-order chi connectivity index (χ0) is 22.5. The molecule has 4 rings (SSSR count). The summed E-state index contributed by atoms with van der Waals surface area (Å²) in [5.41, 5.74) is 2.56. The number of anilines is 1. The molecule has 2 amide bonds. The van der Waals surface area contributed by atoms with Crippen LogP contribution in [0.15, 0.2) is 73.1 Å². The number of hydrogen-bond donors (Lipinski definition) is 2. The molecule has 8 heteroatoms. The van der Waals surface area contributed by atoms with Crippen LogP contribution < -0.4 is 5.32 Å². The Morgan fingerprint density at radius 2 is 1.91 bits per heavy atom. The Morgan fingerprint density at radius 3 is 2.56 bits per heavy atom. The van der Waals surface area contributed by atoms with Gasteiger partial charge < -0.3 is 20.1 Å². The Morgan fingerprint density at radius 1 is 1.16 bits per heavy atom. The molecule has 0 bridgehead atoms. The lowest BCUT2D eigenvalue weighted by Gasteiger charge is -2.40. The number of carbonyl (C=O) groups excluding carboxylic acids is 2. The van der Waals surface area contributed by atoms with Crippen molar-refractivity contribution in [3.05, 3.63) is 95.6 Å². The second kappa shape index (κ2) is 9.67. The van der Waals surface area contributed by atoms with E-state index in [9.17, 15) is 19.1 Å². The summed E-state index contributed by atoms with van der Waals surface area (Å²) in [6.07, 6.45) is 2.54. The number of aromatic nitrogens is 1. The number of halogens is 1. The molecule has 1 aromatic heterocycles. The number of ether oxygens (including phenoxy) is 1. The van der Waals surface area contributed by atoms with Crippen molar-refractivity contribution >= 4 is 17.5 Å². The molecule has 2 unspecified atom stereocenters. The third-order valence-electron chi connectivity index (χ3n) is 5.33. The minimum absolute atomic E-state index is 0.123. The Bertz CT molecular complexity index is 1070. The summed E-state index contributed by atoms with van der Waals surface area (Å²) in [5.74, 6) is -0.872. The third-order valence-corrected chi connectivity index (χ3v) is 5.33. The molecule has 0 radical (unpaired) electrons. The van der Waals surface area contributed by atoms with Gasteiger partial charge in [-0.1, -0.05) is 24.3 Å². The van der Waals surface area contributed by atoms with E-state index in [0.29, 0.717) is 11.3 Å². The Balaban J connectivity index is 1.48. The molecule has 32 heavy (non-hydrogen) atoms. The average Bonchev–Trinajstić information content (AvgIpc) is 2.82. The van der Waals surface area contributed by atoms with Crippen LogP contribution >= 0.6 is 0 Å². The molecule has 3 aromatic rings. The minimum atomic E-state index is -0.600. The van der Waals surface area contributed by atoms with E-state index in [0.717, 1.165) is 11.1 Å². The van der Waals surface area contributed by atoms with E-state index >= 15 is 0 Å². The summed E-state index contributed by atoms with van der Waals surface area (Å²) < 4.78 is 19.0. The number of morpholine rings is 1. The van der Waals surface area contributed by atoms with Gasteiger partial charge in [0.1, 0.15) is 18.5 Å². The summed E-state index contributed by atoms with van der Waals surface area (Å²) in [6, 6.07) is 15.7. The summed E-state index contributed by atoms with van der Waals surface area (Å²) in [6.45, 7) is -0.178. The van der Waals surface area contributed by atoms with Crippen LogP contribution in [0.1, 0.15) is 27.6 Å². The van der Waals surface area contributed by atoms with Gasteiger partial charge in [-0.3, -0.25) is 14.6 Å². The number of aliphatic hydroxyl groups excluding tert-OH is 1. The molecule has 0 spiro atoms. The first kappa shape index (κ1) is 21.6. The number of benzene rings is 2. The van der Waals surface area contributed by atoms with Gasteiger partial charge in [-0.2, -0.15) is 0 Å². The van der Waals surface area contributed by atoms with Gasteiger partial charge >= 0.3 is 0 Å². The third kappa shape index (κ3) is 4.82. The van der Waals surface area contributed by atoms with Crippen molar-refractivity contribution in [3.8, 4) is 0 Å². The van der Waals surface area contributed by atoms with Crippen molar-refractivity contribution in [2.75, 3.05) is 18.5 Å². The van der Waals surface area contributed by atoms with Crippen molar-refractivity contribution in [1.29, 1.82) is 0 Å². The van der Waals surface area contributed by atoms with Crippen molar-refractivity contribution in [2.45, 2.75) is 18.7 Å². The number of nitrogens with zero attached hydrogens (tertiary/aromatic N) is 2. The fraction of sp³-hybridized carbons (Fsp3) is 0.208. The standard InChI is InChI=1S/C24H22FN3O4/c25-19-7-3-16(4-8-19)13-28-21(14-29)23(32-15-22(28)30)17-5-9-20(10-6-17)27-24(31)18-2-1-11-26-12-18/h1-12,21,23,29H,13-15H2,(H,27,31). The molecule has 1 aliphatic rings. The van der Waals surface area contributed by atoms with Gasteiger partial charge in [-0.15, -0.1) is 0 Å². The highest BCUT2D eigenvalue weighted by Crippen LogP contribution is 2.31. The first-order valence-corrected chi connectivity index (χ1v) is 10.1. The summed E-state index contributed by atoms with van der Waals surface area (Å²) in [7, 11) is 0. The zero-order valence-electron chi connectivity index (χ0n) is 17.1. The first-order chi connectivity index (χ1) is 15.5. The van der Waals surface area contributed by atoms with E-state index in [4.69, 9.17) is 4.74 Å². The van der Waals surface area contributed by atoms with Crippen LogP contribution in [0.5, 0.6) is 0 Å². The zero-order valence-corrected chi connectivity index (χ0v) is 17.1. The predicted molar refractivity (Wildman–Crippen MR) is 115 cm³/mol. The van der Waals surface area contributed by atoms with E-state index < -0.39 is 12.1 Å². The lowest BCUT2D eigenvalue weighted by molar-refractivity contribution is -0.162. The van der Waals surface area contributed by atoms with Crippen LogP contribution in [0.3, 0.4) is 0 Å². The normalized spacial score (nSPS) is 18.4. The molecule has 2 atom stereocenters. The second-order valence-electron chi connectivity index (χ2n) is 7.45. The molecule has 2 heterocycles. The molecular formula is C24H22FN3O4. The highest BCUT2D eigenvalue weighted by atomic mass is 19.1. The minimum Gasteiger partial charge on any atom is -0.394 e. The first-order valence-electron chi connectivity index (χ1n) is 10.1. The molecule has 1 aliphatic heterocycles. The van der Waals surface area contributed by atoms with Gasteiger partial charge in [0.25, 0.3) is 5.91 Å². The van der Waals surface area contributed by atoms with Gasteiger partial charge in [-0.25, -0.2) is 4.39 Å². The molecule has 2 aromatic carbocycles. The maximum Gasteiger partial charge on any atom is 0.257 e. The van der Waals surface area contributed by atoms with E-state index in [2.05, 4.69) is 10.3 Å². The molecule has 0 aliphatic carbocycles. The number of pyridine rings is 1. The van der Waals surface area contributed by atoms with Crippen LogP contribution in [0, 0.1) is 5.82 Å². The van der Waals surface area contributed by atoms with E-state index in [1.165, 1.54) is 18.3 Å². The maximum absolute atomic E-state index is 13.2. The van der Waals surface area contributed by atoms with Gasteiger partial charge in [0.15, 0.2) is 0 Å². The molecule has 7 nitrogen and oxygen atoms in total. The average molecular weight is 435 g/mol. The Hall–Kier alpha value is -3.62. The van der Waals surface area contributed by atoms with E-state index in [-0.39, 0.29) is 37.4 Å². The molecule has 0 saturated carbocycles. The number of nitrogens with one attached hydrogen (secondary N) is 1. The molecule has 1 fully saturated rings. The van der Waals surface area contributed by atoms with Crippen molar-refractivity contribution in [1.82, 2.24) is 9.88 Å². The topological polar surface area (TPSA) is 91.8 Å². The van der Waals surface area contributed by atoms with Gasteiger partial charge in [0, 0.05) is 24.6 Å². The van der Waals surface area contributed by atoms with Crippen molar-refractivity contribution in [2.24, 2.45) is 0 Å². The monoisotopic (exact) mass is 435 g/mol. The fourth-order valence-electron chi connectivity index (χ4n) is 3.66. The highest BCUT2D eigenvalue weighted by Gasteiger charge is 2.37. The van der Waals surface area contributed by atoms with Crippen LogP contribution in [0.25, 0.3) is 0 Å². The van der Waals surface area contributed by atoms with Gasteiger partial charge in [0.2, 0.25) is 5.91 Å². The van der Waals surface area contributed by atoms with E-state index in [1.807, 2.05) is 0 Å². The van der Waals surface area contributed by atoms with Crippen LogP contribution in [0.2, 0.25) is 0 Å². The maximum atomic E-state index is 13.2. The summed E-state index contributed by atoms with van der Waals surface area (Å²) in [4.78, 5) is 30.3. The number of carbonyl (C=O) groups is 2. The Labute approximate surface area is 184 Å². The van der Waals surface area contributed by atoms with Crippen LogP contribution in [-0.2, 0) is 16.1 Å². The number of aliphatic hydroxyl groups is 1. The summed E-state index contributed by atoms with van der Waals surface area (Å²) in [5, 5.41) is 12.8. The second-order valence-corrected chi connectivity index (χ2v) is 7.45. The van der Waals surface area contributed by atoms with Crippen LogP contribution in [0.4, 0.5) is 10.1 Å². The Kier molecular flexibility index (Phi) is 6.53. The fourth-order valence-corrected chi connectivity index (χ4v) is 3.66. The van der Waals surface area contributed by atoms with Gasteiger partial charge in [0.05, 0.1) is 18.2 Å². The van der Waals surface area contributed by atoms with Crippen molar-refractivity contribution < 1.29 is 23.8 Å². The molecule has 2 N–H and O–H groups in total. The predicted octanol–water partition coefficient (Wildman–Crippen LogP) is 2.93. The lowest BCUT2D eigenvalue weighted by atomic mass is 9.98. The van der Waals surface area contributed by atoms with Gasteiger partial charge in [-0.05, 0) is 47.5 Å². The number of amides is 2. The molecule has 164 valence electrons. The number of rotatable bonds is 6. The van der Waals surface area contributed by atoms with Crippen molar-refractivity contribution in [3.63, 3.8) is 0 Å². The lowest BCUT2D eigenvalue weighted by Crippen LogP contribution is -2.52. The largest absolute Gasteiger partial charge is 0.394 e. The molecular weight excluding hydrogens is 413 g/mol. The quantitative estimate of drug-likeness (QED) is 0.621. The van der Waals surface area contributed by atoms with Crippen LogP contribution in [-0.4, -0.2) is 46.1 Å². The molecule has 1 saturated heterocycles. The number of hydrogen-bond acceptors (Lipinski definition) is 5. The summed E-state index contributed by atoms with van der Waals surface area (Å²) >= 11 is 0. The van der Waals surface area contributed by atoms with E-state index in [1.54, 1.807) is 59.6 Å².